The molecule has 0 aliphatic carbocycles. The van der Waals surface area contributed by atoms with E-state index >= 15 is 0 Å². The van der Waals surface area contributed by atoms with E-state index < -0.39 is 0 Å². The summed E-state index contributed by atoms with van der Waals surface area (Å²) >= 11 is 0. The van der Waals surface area contributed by atoms with Crippen molar-refractivity contribution in [2.45, 2.75) is 6.54 Å². The molecule has 3 heteroatoms. The largest absolute Gasteiger partial charge is 0.383 e. The van der Waals surface area contributed by atoms with Crippen molar-refractivity contribution in [3.63, 3.8) is 0 Å². The first-order valence-corrected chi connectivity index (χ1v) is 6.64. The van der Waals surface area contributed by atoms with Crippen LogP contribution in [-0.2, 0) is 6.54 Å². The molecule has 0 atom stereocenters. The van der Waals surface area contributed by atoms with E-state index in [0.717, 1.165) is 23.0 Å². The number of hydrogen-bond donors (Lipinski definition) is 1. The summed E-state index contributed by atoms with van der Waals surface area (Å²) in [5.74, 6) is 0.603. The van der Waals surface area contributed by atoms with Gasteiger partial charge < -0.3 is 10.6 Å². The first-order chi connectivity index (χ1) is 9.74. The van der Waals surface area contributed by atoms with Crippen LogP contribution in [0.4, 0.5) is 11.5 Å². The molecule has 0 fully saturated rings. The third-order valence-corrected chi connectivity index (χ3v) is 3.44. The van der Waals surface area contributed by atoms with Crippen LogP contribution in [0.1, 0.15) is 5.56 Å². The Kier molecular flexibility index (Phi) is 3.25. The van der Waals surface area contributed by atoms with Crippen LogP contribution in [0.2, 0.25) is 0 Å². The maximum atomic E-state index is 6.08. The van der Waals surface area contributed by atoms with Gasteiger partial charge in [0.2, 0.25) is 0 Å². The quantitative estimate of drug-likeness (QED) is 0.787. The van der Waals surface area contributed by atoms with Crippen molar-refractivity contribution in [3.8, 4) is 0 Å². The lowest BCUT2D eigenvalue weighted by Gasteiger charge is -2.20. The molecule has 1 aromatic heterocycles. The lowest BCUT2D eigenvalue weighted by atomic mass is 10.1. The van der Waals surface area contributed by atoms with Gasteiger partial charge in [0, 0.05) is 30.2 Å². The summed E-state index contributed by atoms with van der Waals surface area (Å²) in [4.78, 5) is 6.64. The van der Waals surface area contributed by atoms with Gasteiger partial charge >= 0.3 is 0 Å². The molecule has 0 aliphatic rings. The lowest BCUT2D eigenvalue weighted by molar-refractivity contribution is 0.922. The van der Waals surface area contributed by atoms with Gasteiger partial charge in [0.1, 0.15) is 5.82 Å². The smallest absolute Gasteiger partial charge is 0.129 e. The number of nitrogen functional groups attached to an aromatic ring is 1. The number of pyridine rings is 1. The molecule has 3 nitrogen and oxygen atoms in total. The number of benzene rings is 2. The van der Waals surface area contributed by atoms with Crippen LogP contribution < -0.4 is 10.6 Å². The molecule has 1 heterocycles. The van der Waals surface area contributed by atoms with E-state index in [2.05, 4.69) is 41.2 Å². The maximum absolute atomic E-state index is 6.08. The Bertz CT molecular complexity index is 723. The number of fused-ring (bicyclic) bond motifs is 1. The van der Waals surface area contributed by atoms with Crippen molar-refractivity contribution in [1.82, 2.24) is 4.98 Å². The number of para-hydroxylation sites is 2. The van der Waals surface area contributed by atoms with Crippen LogP contribution in [0, 0.1) is 0 Å². The number of hydrogen-bond acceptors (Lipinski definition) is 3. The molecular weight excluding hydrogens is 246 g/mol. The zero-order chi connectivity index (χ0) is 13.9. The standard InChI is InChI=1S/C17H17N3/c1-20(15-8-3-2-4-9-15)12-14-11-13-7-5-6-10-16(13)19-17(14)18/h2-11H,12H2,1H3,(H2,18,19). The zero-order valence-corrected chi connectivity index (χ0v) is 11.5. The SMILES string of the molecule is CN(Cc1cc2ccccc2nc1N)c1ccccc1. The molecule has 0 saturated carbocycles. The molecule has 20 heavy (non-hydrogen) atoms. The minimum Gasteiger partial charge on any atom is -0.383 e. The fraction of sp³-hybridized carbons (Fsp3) is 0.118. The second kappa shape index (κ2) is 5.21. The second-order valence-electron chi connectivity index (χ2n) is 4.92. The van der Waals surface area contributed by atoms with E-state index in [1.165, 1.54) is 5.69 Å². The number of nitrogens with zero attached hydrogens (tertiary/aromatic N) is 2. The Morgan fingerprint density at radius 1 is 1.00 bits per heavy atom. The van der Waals surface area contributed by atoms with Gasteiger partial charge in [-0.3, -0.25) is 0 Å². The predicted octanol–water partition coefficient (Wildman–Crippen LogP) is 3.45. The van der Waals surface area contributed by atoms with Gasteiger partial charge in [0.25, 0.3) is 0 Å². The van der Waals surface area contributed by atoms with E-state index in [-0.39, 0.29) is 0 Å². The highest BCUT2D eigenvalue weighted by molar-refractivity contribution is 5.81. The van der Waals surface area contributed by atoms with Crippen molar-refractivity contribution in [3.05, 3.63) is 66.2 Å². The molecule has 100 valence electrons. The highest BCUT2D eigenvalue weighted by atomic mass is 15.1. The molecule has 0 aliphatic heterocycles. The number of anilines is 2. The van der Waals surface area contributed by atoms with Crippen LogP contribution in [0.3, 0.4) is 0 Å². The molecule has 3 aromatic rings. The van der Waals surface area contributed by atoms with Crippen LogP contribution >= 0.6 is 0 Å². The van der Waals surface area contributed by atoms with Crippen molar-refractivity contribution in [2.24, 2.45) is 0 Å². The van der Waals surface area contributed by atoms with Crippen LogP contribution in [-0.4, -0.2) is 12.0 Å². The molecule has 0 bridgehead atoms. The molecule has 0 unspecified atom stereocenters. The molecule has 2 N–H and O–H groups in total. The van der Waals surface area contributed by atoms with E-state index in [0.29, 0.717) is 5.82 Å². The van der Waals surface area contributed by atoms with Gasteiger partial charge in [-0.05, 0) is 24.3 Å². The van der Waals surface area contributed by atoms with Gasteiger partial charge in [-0.2, -0.15) is 0 Å². The van der Waals surface area contributed by atoms with Gasteiger partial charge in [-0.1, -0.05) is 36.4 Å². The van der Waals surface area contributed by atoms with Gasteiger partial charge in [0.05, 0.1) is 5.52 Å². The van der Waals surface area contributed by atoms with E-state index in [1.807, 2.05) is 36.4 Å². The van der Waals surface area contributed by atoms with Crippen molar-refractivity contribution in [1.29, 1.82) is 0 Å². The number of aromatic nitrogens is 1. The normalized spacial score (nSPS) is 10.7. The topological polar surface area (TPSA) is 42.2 Å². The summed E-state index contributed by atoms with van der Waals surface area (Å²) in [7, 11) is 2.06. The Balaban J connectivity index is 1.92. The third-order valence-electron chi connectivity index (χ3n) is 3.44. The molecule has 2 aromatic carbocycles. The van der Waals surface area contributed by atoms with Crippen LogP contribution in [0.5, 0.6) is 0 Å². The first-order valence-electron chi connectivity index (χ1n) is 6.64. The van der Waals surface area contributed by atoms with Gasteiger partial charge in [0.15, 0.2) is 0 Å². The van der Waals surface area contributed by atoms with Crippen molar-refractivity contribution < 1.29 is 0 Å². The molecule has 3 rings (SSSR count). The fourth-order valence-corrected chi connectivity index (χ4v) is 2.33. The van der Waals surface area contributed by atoms with Crippen LogP contribution in [0.25, 0.3) is 10.9 Å². The van der Waals surface area contributed by atoms with Crippen molar-refractivity contribution in [2.75, 3.05) is 17.7 Å². The Hall–Kier alpha value is -2.55. The maximum Gasteiger partial charge on any atom is 0.129 e. The van der Waals surface area contributed by atoms with Gasteiger partial charge in [-0.15, -0.1) is 0 Å². The van der Waals surface area contributed by atoms with Gasteiger partial charge in [-0.25, -0.2) is 4.98 Å². The highest BCUT2D eigenvalue weighted by Crippen LogP contribution is 2.21. The lowest BCUT2D eigenvalue weighted by Crippen LogP contribution is -2.17. The van der Waals surface area contributed by atoms with E-state index in [1.54, 1.807) is 0 Å². The molecule has 0 spiro atoms. The number of rotatable bonds is 3. The summed E-state index contributed by atoms with van der Waals surface area (Å²) in [5.41, 5.74) is 9.23. The Labute approximate surface area is 118 Å². The predicted molar refractivity (Wildman–Crippen MR) is 84.7 cm³/mol. The minimum atomic E-state index is 0.603. The summed E-state index contributed by atoms with van der Waals surface area (Å²) in [5, 5.41) is 1.12. The Morgan fingerprint density at radius 2 is 1.70 bits per heavy atom. The average molecular weight is 263 g/mol. The average Bonchev–Trinajstić information content (AvgIpc) is 2.49. The number of nitrogens with two attached hydrogens (primary N) is 1. The minimum absolute atomic E-state index is 0.603. The third kappa shape index (κ3) is 2.43. The summed E-state index contributed by atoms with van der Waals surface area (Å²) in [6, 6.07) is 20.4. The second-order valence-corrected chi connectivity index (χ2v) is 4.92. The first kappa shape index (κ1) is 12.5. The monoisotopic (exact) mass is 263 g/mol. The zero-order valence-electron chi connectivity index (χ0n) is 11.5. The summed E-state index contributed by atoms with van der Waals surface area (Å²) in [6.07, 6.45) is 0. The fourth-order valence-electron chi connectivity index (χ4n) is 2.33. The molecular formula is C17H17N3. The Morgan fingerprint density at radius 3 is 2.50 bits per heavy atom. The molecule has 0 saturated heterocycles. The highest BCUT2D eigenvalue weighted by Gasteiger charge is 2.07. The summed E-state index contributed by atoms with van der Waals surface area (Å²) in [6.45, 7) is 0.744. The van der Waals surface area contributed by atoms with Crippen molar-refractivity contribution >= 4 is 22.4 Å². The van der Waals surface area contributed by atoms with Crippen LogP contribution in [0.15, 0.2) is 60.7 Å². The molecule has 0 amide bonds. The molecule has 0 radical (unpaired) electrons. The van der Waals surface area contributed by atoms with E-state index in [4.69, 9.17) is 5.73 Å². The van der Waals surface area contributed by atoms with E-state index in [9.17, 15) is 0 Å². The summed E-state index contributed by atoms with van der Waals surface area (Å²) < 4.78 is 0.